The first-order valence-corrected chi connectivity index (χ1v) is 15.2. The van der Waals surface area contributed by atoms with E-state index >= 15 is 0 Å². The van der Waals surface area contributed by atoms with Crippen molar-refractivity contribution in [1.29, 1.82) is 0 Å². The fraction of sp³-hybridized carbons (Fsp3) is 0.310. The third-order valence-electron chi connectivity index (χ3n) is 6.27. The Morgan fingerprint density at radius 2 is 1.90 bits per heavy atom. The summed E-state index contributed by atoms with van der Waals surface area (Å²) in [6.07, 6.45) is 2.89. The number of carboxylic acids is 1. The molecule has 0 fully saturated rings. The molecule has 0 amide bonds. The van der Waals surface area contributed by atoms with Crippen LogP contribution in [-0.2, 0) is 14.3 Å². The first kappa shape index (κ1) is 31.6. The van der Waals surface area contributed by atoms with Crippen LogP contribution in [0.3, 0.4) is 0 Å². The number of allylic oxidation sites excluding steroid dienone is 1. The minimum absolute atomic E-state index is 0.151. The number of hydrogen-bond donors (Lipinski definition) is 1. The molecule has 0 saturated heterocycles. The minimum atomic E-state index is -1.12. The van der Waals surface area contributed by atoms with Crippen LogP contribution in [0.4, 0.5) is 0 Å². The molecule has 0 unspecified atom stereocenters. The molecule has 1 aliphatic heterocycles. The van der Waals surface area contributed by atoms with Gasteiger partial charge in [0.05, 0.1) is 40.2 Å². The van der Waals surface area contributed by atoms with Gasteiger partial charge in [-0.25, -0.2) is 14.6 Å². The molecular formula is C29H28ClIN2O8S. The van der Waals surface area contributed by atoms with Crippen LogP contribution in [-0.4, -0.2) is 49.0 Å². The smallest absolute Gasteiger partial charge is 0.341 e. The molecule has 0 radical (unpaired) electrons. The predicted octanol–water partition coefficient (Wildman–Crippen LogP) is 4.32. The fourth-order valence-electron chi connectivity index (χ4n) is 4.58. The standard InChI is InChI=1S/C29H28ClIN2O8S/c1-5-7-19-24(28(37)40-6-2)25(17-13-16(30)8-9-20(17)38-3)33-27(36)22(42-29(33)32-19)12-15-10-18(31)26(21(11-15)39-4)41-14-23(34)35/h8-13,25H,5-7,14H2,1-4H3,(H,34,35)/b22-12+/t25-/m1/s1. The average molecular weight is 727 g/mol. The molecule has 13 heteroatoms. The molecule has 1 N–H and O–H groups in total. The van der Waals surface area contributed by atoms with Crippen molar-refractivity contribution in [2.75, 3.05) is 27.4 Å². The molecule has 1 aromatic heterocycles. The van der Waals surface area contributed by atoms with Crippen LogP contribution in [0, 0.1) is 3.57 Å². The lowest BCUT2D eigenvalue weighted by Crippen LogP contribution is -2.40. The van der Waals surface area contributed by atoms with E-state index in [-0.39, 0.29) is 23.5 Å². The van der Waals surface area contributed by atoms with Crippen LogP contribution in [0.15, 0.2) is 51.4 Å². The molecule has 4 rings (SSSR count). The summed E-state index contributed by atoms with van der Waals surface area (Å²) >= 11 is 9.60. The molecule has 1 atom stereocenters. The molecule has 0 spiro atoms. The number of aliphatic carboxylic acids is 1. The van der Waals surface area contributed by atoms with Crippen molar-refractivity contribution in [2.45, 2.75) is 32.7 Å². The van der Waals surface area contributed by atoms with Gasteiger partial charge >= 0.3 is 11.9 Å². The van der Waals surface area contributed by atoms with E-state index in [4.69, 9.17) is 40.6 Å². The quantitative estimate of drug-likeness (QED) is 0.229. The van der Waals surface area contributed by atoms with E-state index in [1.165, 1.54) is 30.1 Å². The van der Waals surface area contributed by atoms with Crippen molar-refractivity contribution < 1.29 is 33.6 Å². The lowest BCUT2D eigenvalue weighted by atomic mass is 9.93. The highest BCUT2D eigenvalue weighted by molar-refractivity contribution is 14.1. The number of carbonyl (C=O) groups is 2. The van der Waals surface area contributed by atoms with Gasteiger partial charge in [0.15, 0.2) is 22.9 Å². The molecule has 2 aromatic carbocycles. The maximum atomic E-state index is 14.1. The maximum Gasteiger partial charge on any atom is 0.341 e. The number of carbonyl (C=O) groups excluding carboxylic acids is 1. The number of carboxylic acid groups (broad SMARTS) is 1. The Morgan fingerprint density at radius 3 is 2.55 bits per heavy atom. The number of hydrogen-bond acceptors (Lipinski definition) is 9. The average Bonchev–Trinajstić information content (AvgIpc) is 3.25. The van der Waals surface area contributed by atoms with Crippen molar-refractivity contribution in [2.24, 2.45) is 4.99 Å². The topological polar surface area (TPSA) is 126 Å². The second-order valence-corrected chi connectivity index (χ2v) is 11.6. The predicted molar refractivity (Wildman–Crippen MR) is 166 cm³/mol. The summed E-state index contributed by atoms with van der Waals surface area (Å²) in [5.41, 5.74) is 1.57. The van der Waals surface area contributed by atoms with Crippen molar-refractivity contribution in [1.82, 2.24) is 4.57 Å². The highest BCUT2D eigenvalue weighted by Crippen LogP contribution is 2.38. The molecule has 222 valence electrons. The maximum absolute atomic E-state index is 14.1. The lowest BCUT2D eigenvalue weighted by molar-refractivity contribution is -0.140. The highest BCUT2D eigenvalue weighted by Gasteiger charge is 2.36. The summed E-state index contributed by atoms with van der Waals surface area (Å²) in [5, 5.41) is 9.42. The van der Waals surface area contributed by atoms with Crippen molar-refractivity contribution in [3.8, 4) is 17.2 Å². The fourth-order valence-corrected chi connectivity index (χ4v) is 6.56. The van der Waals surface area contributed by atoms with Gasteiger partial charge in [0.1, 0.15) is 11.8 Å². The number of rotatable bonds is 11. The number of benzene rings is 2. The molecule has 0 aliphatic carbocycles. The van der Waals surface area contributed by atoms with Crippen LogP contribution in [0.1, 0.15) is 43.9 Å². The molecule has 1 aliphatic rings. The Morgan fingerprint density at radius 1 is 1.17 bits per heavy atom. The summed E-state index contributed by atoms with van der Waals surface area (Å²) in [7, 11) is 2.96. The minimum Gasteiger partial charge on any atom is -0.496 e. The summed E-state index contributed by atoms with van der Waals surface area (Å²) < 4.78 is 24.3. The number of thiazole rings is 1. The van der Waals surface area contributed by atoms with Crippen LogP contribution in [0.25, 0.3) is 6.08 Å². The van der Waals surface area contributed by atoms with Gasteiger partial charge in [-0.15, -0.1) is 0 Å². The molecular weight excluding hydrogens is 699 g/mol. The van der Waals surface area contributed by atoms with E-state index in [9.17, 15) is 14.4 Å². The molecule has 0 bridgehead atoms. The van der Waals surface area contributed by atoms with Gasteiger partial charge in [0.25, 0.3) is 5.56 Å². The number of esters is 1. The van der Waals surface area contributed by atoms with Gasteiger partial charge in [-0.05, 0) is 77.9 Å². The summed E-state index contributed by atoms with van der Waals surface area (Å²) in [4.78, 5) is 43.7. The SMILES string of the molecule is CCCC1=C(C(=O)OCC)[C@@H](c2cc(Cl)ccc2OC)n2c(s/c(=C/c3cc(I)c(OCC(=O)O)c(OC)c3)c2=O)=N1. The molecule has 42 heavy (non-hydrogen) atoms. The van der Waals surface area contributed by atoms with Crippen LogP contribution in [0.2, 0.25) is 5.02 Å². The Hall–Kier alpha value is -3.36. The number of fused-ring (bicyclic) bond motifs is 1. The Labute approximate surface area is 264 Å². The van der Waals surface area contributed by atoms with Crippen LogP contribution in [0.5, 0.6) is 17.2 Å². The van der Waals surface area contributed by atoms with Crippen molar-refractivity contribution >= 4 is 63.5 Å². The van der Waals surface area contributed by atoms with Gasteiger partial charge < -0.3 is 24.1 Å². The lowest BCUT2D eigenvalue weighted by Gasteiger charge is -2.27. The zero-order valence-electron chi connectivity index (χ0n) is 23.2. The number of aromatic nitrogens is 1. The van der Waals surface area contributed by atoms with Gasteiger partial charge in [-0.1, -0.05) is 36.3 Å². The first-order valence-electron chi connectivity index (χ1n) is 12.9. The zero-order chi connectivity index (χ0) is 30.6. The summed E-state index contributed by atoms with van der Waals surface area (Å²) in [6.45, 7) is 3.32. The Kier molecular flexibility index (Phi) is 10.3. The van der Waals surface area contributed by atoms with E-state index < -0.39 is 24.6 Å². The first-order chi connectivity index (χ1) is 20.1. The Bertz CT molecular complexity index is 1750. The van der Waals surface area contributed by atoms with Crippen LogP contribution >= 0.6 is 45.5 Å². The Balaban J connectivity index is 1.98. The number of methoxy groups -OCH3 is 2. The number of ether oxygens (including phenoxy) is 4. The number of nitrogens with zero attached hydrogens (tertiary/aromatic N) is 2. The van der Waals surface area contributed by atoms with Gasteiger partial charge in [-0.3, -0.25) is 9.36 Å². The van der Waals surface area contributed by atoms with E-state index in [0.29, 0.717) is 59.1 Å². The molecule has 2 heterocycles. The monoisotopic (exact) mass is 726 g/mol. The zero-order valence-corrected chi connectivity index (χ0v) is 27.0. The van der Waals surface area contributed by atoms with E-state index in [1.807, 2.05) is 29.5 Å². The van der Waals surface area contributed by atoms with Crippen molar-refractivity contribution in [3.05, 3.63) is 81.0 Å². The van der Waals surface area contributed by atoms with E-state index in [1.54, 1.807) is 43.3 Å². The summed E-state index contributed by atoms with van der Waals surface area (Å²) in [5.74, 6) is -0.625. The summed E-state index contributed by atoms with van der Waals surface area (Å²) in [6, 6.07) is 7.56. The third kappa shape index (κ3) is 6.50. The molecule has 10 nitrogen and oxygen atoms in total. The van der Waals surface area contributed by atoms with Gasteiger partial charge in [-0.2, -0.15) is 0 Å². The van der Waals surface area contributed by atoms with E-state index in [2.05, 4.69) is 0 Å². The van der Waals surface area contributed by atoms with Gasteiger partial charge in [0, 0.05) is 10.6 Å². The normalized spacial score (nSPS) is 14.7. The molecule has 3 aromatic rings. The molecule has 0 saturated carbocycles. The van der Waals surface area contributed by atoms with E-state index in [0.717, 1.165) is 0 Å². The second kappa shape index (κ2) is 13.7. The highest BCUT2D eigenvalue weighted by atomic mass is 127. The number of halogens is 2. The third-order valence-corrected chi connectivity index (χ3v) is 8.29. The second-order valence-electron chi connectivity index (χ2n) is 9.02. The largest absolute Gasteiger partial charge is 0.496 e. The van der Waals surface area contributed by atoms with Crippen LogP contribution < -0.4 is 29.1 Å². The van der Waals surface area contributed by atoms with Crippen molar-refractivity contribution in [3.63, 3.8) is 0 Å². The van der Waals surface area contributed by atoms with Gasteiger partial charge in [0.2, 0.25) is 0 Å².